The number of aryl methyl sites for hydroxylation is 1. The fourth-order valence-electron chi connectivity index (χ4n) is 5.19. The molecule has 2 aliphatic carbocycles. The van der Waals surface area contributed by atoms with Crippen LogP contribution in [0.4, 0.5) is 0 Å². The van der Waals surface area contributed by atoms with Gasteiger partial charge in [-0.2, -0.15) is 0 Å². The molecule has 2 nitrogen and oxygen atoms in total. The third-order valence-corrected chi connectivity index (χ3v) is 6.95. The summed E-state index contributed by atoms with van der Waals surface area (Å²) in [6.07, 6.45) is 6.28. The van der Waals surface area contributed by atoms with Crippen LogP contribution in [-0.2, 0) is 6.42 Å². The predicted molar refractivity (Wildman–Crippen MR) is 113 cm³/mol. The van der Waals surface area contributed by atoms with Crippen LogP contribution in [0.3, 0.4) is 0 Å². The summed E-state index contributed by atoms with van der Waals surface area (Å²) in [6, 6.07) is 9.06. The third-order valence-electron chi connectivity index (χ3n) is 6.95. The van der Waals surface area contributed by atoms with Crippen molar-refractivity contribution < 1.29 is 0 Å². The van der Waals surface area contributed by atoms with E-state index in [4.69, 9.17) is 9.97 Å². The number of nitrogens with zero attached hydrogens (tertiary/aromatic N) is 2. The lowest BCUT2D eigenvalue weighted by Gasteiger charge is -2.31. The number of pyridine rings is 2. The molecule has 2 aliphatic rings. The van der Waals surface area contributed by atoms with E-state index in [1.54, 1.807) is 0 Å². The van der Waals surface area contributed by atoms with Gasteiger partial charge in [0, 0.05) is 23.2 Å². The van der Waals surface area contributed by atoms with Gasteiger partial charge in [0.2, 0.25) is 0 Å². The SMILES string of the molecule is CC1CCC(C(C)C)c2nc(-c3ccc4c(n3)C(C(C)C)CCC4)ccc21. The van der Waals surface area contributed by atoms with Gasteiger partial charge in [0.15, 0.2) is 0 Å². The van der Waals surface area contributed by atoms with Gasteiger partial charge < -0.3 is 0 Å². The van der Waals surface area contributed by atoms with Gasteiger partial charge in [-0.3, -0.25) is 9.97 Å². The van der Waals surface area contributed by atoms with Crippen LogP contribution >= 0.6 is 0 Å². The van der Waals surface area contributed by atoms with Gasteiger partial charge in [0.05, 0.1) is 11.4 Å². The Hall–Kier alpha value is -1.70. The fourth-order valence-corrected chi connectivity index (χ4v) is 5.19. The Labute approximate surface area is 164 Å². The smallest absolute Gasteiger partial charge is 0.0889 e. The van der Waals surface area contributed by atoms with Gasteiger partial charge in [-0.25, -0.2) is 0 Å². The molecular weight excluding hydrogens is 328 g/mol. The zero-order valence-electron chi connectivity index (χ0n) is 17.6. The first kappa shape index (κ1) is 18.7. The van der Waals surface area contributed by atoms with Crippen LogP contribution in [0.2, 0.25) is 0 Å². The van der Waals surface area contributed by atoms with Crippen LogP contribution < -0.4 is 0 Å². The summed E-state index contributed by atoms with van der Waals surface area (Å²) in [5.41, 5.74) is 7.70. The number of hydrogen-bond acceptors (Lipinski definition) is 2. The lowest BCUT2D eigenvalue weighted by molar-refractivity contribution is 0.401. The monoisotopic (exact) mass is 362 g/mol. The van der Waals surface area contributed by atoms with E-state index < -0.39 is 0 Å². The van der Waals surface area contributed by atoms with Crippen molar-refractivity contribution in [3.05, 3.63) is 46.8 Å². The molecule has 2 aromatic rings. The van der Waals surface area contributed by atoms with E-state index >= 15 is 0 Å². The molecule has 2 heterocycles. The first-order valence-electron chi connectivity index (χ1n) is 11.0. The minimum atomic E-state index is 0.581. The molecule has 3 unspecified atom stereocenters. The summed E-state index contributed by atoms with van der Waals surface area (Å²) >= 11 is 0. The molecule has 0 spiro atoms. The van der Waals surface area contributed by atoms with Gasteiger partial charge in [-0.05, 0) is 73.1 Å². The molecule has 3 atom stereocenters. The first-order chi connectivity index (χ1) is 13.0. The minimum absolute atomic E-state index is 0.581. The largest absolute Gasteiger partial charge is 0.251 e. The van der Waals surface area contributed by atoms with E-state index in [1.165, 1.54) is 54.6 Å². The Morgan fingerprint density at radius 3 is 2.11 bits per heavy atom. The van der Waals surface area contributed by atoms with E-state index in [1.807, 2.05) is 0 Å². The van der Waals surface area contributed by atoms with Gasteiger partial charge in [-0.15, -0.1) is 0 Å². The molecule has 0 bridgehead atoms. The highest BCUT2D eigenvalue weighted by molar-refractivity contribution is 5.57. The van der Waals surface area contributed by atoms with Crippen LogP contribution in [0.15, 0.2) is 24.3 Å². The highest BCUT2D eigenvalue weighted by Gasteiger charge is 2.29. The van der Waals surface area contributed by atoms with Crippen molar-refractivity contribution in [1.82, 2.24) is 9.97 Å². The second-order valence-corrected chi connectivity index (χ2v) is 9.48. The highest BCUT2D eigenvalue weighted by Crippen LogP contribution is 2.42. The standard InChI is InChI=1S/C25H34N2/c1-15(2)19-8-6-7-18-10-13-22(26-24(18)19)23-14-12-21-17(5)9-11-20(16(3)4)25(21)27-23/h10,12-17,19-20H,6-9,11H2,1-5H3. The predicted octanol–water partition coefficient (Wildman–Crippen LogP) is 6.86. The Morgan fingerprint density at radius 1 is 0.778 bits per heavy atom. The number of rotatable bonds is 3. The van der Waals surface area contributed by atoms with Gasteiger partial charge in [0.25, 0.3) is 0 Å². The number of fused-ring (bicyclic) bond motifs is 2. The number of aromatic nitrogens is 2. The molecule has 0 radical (unpaired) electrons. The molecule has 27 heavy (non-hydrogen) atoms. The zero-order valence-corrected chi connectivity index (χ0v) is 17.6. The lowest BCUT2D eigenvalue weighted by Crippen LogP contribution is -2.19. The average Bonchev–Trinajstić information content (AvgIpc) is 2.66. The van der Waals surface area contributed by atoms with Crippen molar-refractivity contribution in [3.8, 4) is 11.4 Å². The summed E-state index contributed by atoms with van der Waals surface area (Å²) in [7, 11) is 0. The van der Waals surface area contributed by atoms with E-state index in [9.17, 15) is 0 Å². The summed E-state index contributed by atoms with van der Waals surface area (Å²) < 4.78 is 0. The van der Waals surface area contributed by atoms with Crippen molar-refractivity contribution in [2.24, 2.45) is 11.8 Å². The molecule has 2 aromatic heterocycles. The molecule has 144 valence electrons. The second-order valence-electron chi connectivity index (χ2n) is 9.48. The van der Waals surface area contributed by atoms with Crippen LogP contribution in [0.25, 0.3) is 11.4 Å². The van der Waals surface area contributed by atoms with Crippen molar-refractivity contribution in [3.63, 3.8) is 0 Å². The molecule has 0 fully saturated rings. The van der Waals surface area contributed by atoms with Crippen LogP contribution in [0, 0.1) is 11.8 Å². The normalized spacial score (nSPS) is 24.8. The molecule has 2 heteroatoms. The number of hydrogen-bond donors (Lipinski definition) is 0. The van der Waals surface area contributed by atoms with Crippen LogP contribution in [0.1, 0.15) is 101 Å². The Balaban J connectivity index is 1.76. The van der Waals surface area contributed by atoms with Crippen molar-refractivity contribution >= 4 is 0 Å². The van der Waals surface area contributed by atoms with Gasteiger partial charge in [0.1, 0.15) is 0 Å². The quantitative estimate of drug-likeness (QED) is 0.596. The lowest BCUT2D eigenvalue weighted by atomic mass is 9.75. The summed E-state index contributed by atoms with van der Waals surface area (Å²) in [5, 5.41) is 0. The molecule has 0 aliphatic heterocycles. The second kappa shape index (κ2) is 7.37. The van der Waals surface area contributed by atoms with Crippen LogP contribution in [-0.4, -0.2) is 9.97 Å². The molecule has 0 N–H and O–H groups in total. The molecule has 0 saturated carbocycles. The van der Waals surface area contributed by atoms with Crippen molar-refractivity contribution in [1.29, 1.82) is 0 Å². The van der Waals surface area contributed by atoms with E-state index in [2.05, 4.69) is 58.9 Å². The topological polar surface area (TPSA) is 25.8 Å². The van der Waals surface area contributed by atoms with E-state index in [0.717, 1.165) is 11.4 Å². The maximum Gasteiger partial charge on any atom is 0.0889 e. The van der Waals surface area contributed by atoms with Crippen LogP contribution in [0.5, 0.6) is 0 Å². The molecule has 0 saturated heterocycles. The molecule has 4 rings (SSSR count). The summed E-state index contributed by atoms with van der Waals surface area (Å²) in [4.78, 5) is 10.4. The highest BCUT2D eigenvalue weighted by atomic mass is 14.8. The third kappa shape index (κ3) is 3.44. The Kier molecular flexibility index (Phi) is 5.09. The fraction of sp³-hybridized carbons (Fsp3) is 0.600. The van der Waals surface area contributed by atoms with Crippen molar-refractivity contribution in [2.75, 3.05) is 0 Å². The average molecular weight is 363 g/mol. The summed E-state index contributed by atoms with van der Waals surface area (Å²) in [6.45, 7) is 11.7. The minimum Gasteiger partial charge on any atom is -0.251 e. The van der Waals surface area contributed by atoms with Gasteiger partial charge >= 0.3 is 0 Å². The molecule has 0 aromatic carbocycles. The molecule has 0 amide bonds. The first-order valence-corrected chi connectivity index (χ1v) is 11.0. The Bertz CT molecular complexity index is 821. The van der Waals surface area contributed by atoms with Crippen molar-refractivity contribution in [2.45, 2.75) is 84.5 Å². The van der Waals surface area contributed by atoms with E-state index in [-0.39, 0.29) is 0 Å². The maximum atomic E-state index is 5.19. The van der Waals surface area contributed by atoms with E-state index in [0.29, 0.717) is 29.6 Å². The Morgan fingerprint density at radius 2 is 1.41 bits per heavy atom. The van der Waals surface area contributed by atoms with Gasteiger partial charge in [-0.1, -0.05) is 46.8 Å². The zero-order chi connectivity index (χ0) is 19.1. The molecular formula is C25H34N2. The maximum absolute atomic E-state index is 5.19. The summed E-state index contributed by atoms with van der Waals surface area (Å²) in [5.74, 6) is 3.08.